The quantitative estimate of drug-likeness (QED) is 0.730. The van der Waals surface area contributed by atoms with Gasteiger partial charge >= 0.3 is 0 Å². The third kappa shape index (κ3) is 3.08. The lowest BCUT2D eigenvalue weighted by atomic mass is 10.1. The first-order valence-corrected chi connectivity index (χ1v) is 7.25. The van der Waals surface area contributed by atoms with E-state index in [4.69, 9.17) is 0 Å². The van der Waals surface area contributed by atoms with Gasteiger partial charge in [0.15, 0.2) is 0 Å². The van der Waals surface area contributed by atoms with Crippen LogP contribution < -0.4 is 16.0 Å². The minimum Gasteiger partial charge on any atom is -0.378 e. The van der Waals surface area contributed by atoms with Gasteiger partial charge in [-0.15, -0.1) is 0 Å². The third-order valence-corrected chi connectivity index (χ3v) is 3.70. The molecule has 0 aliphatic rings. The maximum Gasteiger partial charge on any atom is 0.270 e. The Hall–Kier alpha value is -3.08. The second-order valence-electron chi connectivity index (χ2n) is 5.53. The van der Waals surface area contributed by atoms with E-state index in [0.717, 1.165) is 16.8 Å². The number of hydrogen-bond donors (Lipinski definition) is 2. The van der Waals surface area contributed by atoms with Crippen LogP contribution in [0.2, 0.25) is 0 Å². The minimum absolute atomic E-state index is 0.297. The zero-order valence-electron chi connectivity index (χ0n) is 13.0. The fraction of sp³-hybridized carbons (Fsp3) is 0.111. The number of H-pyrrole nitrogens is 2. The summed E-state index contributed by atoms with van der Waals surface area (Å²) < 4.78 is 0. The molecule has 116 valence electrons. The second kappa shape index (κ2) is 5.96. The molecule has 3 aromatic rings. The first-order valence-electron chi connectivity index (χ1n) is 7.25. The molecule has 0 unspecified atom stereocenters. The molecule has 3 rings (SSSR count). The Balaban J connectivity index is 1.93. The van der Waals surface area contributed by atoms with Crippen LogP contribution in [0, 0.1) is 0 Å². The third-order valence-electron chi connectivity index (χ3n) is 3.70. The topological polar surface area (TPSA) is 69.0 Å². The van der Waals surface area contributed by atoms with E-state index in [9.17, 15) is 9.59 Å². The molecule has 0 atom stereocenters. The van der Waals surface area contributed by atoms with Crippen LogP contribution in [0.4, 0.5) is 5.69 Å². The van der Waals surface area contributed by atoms with E-state index in [2.05, 4.69) is 10.2 Å². The van der Waals surface area contributed by atoms with Crippen molar-refractivity contribution >= 4 is 28.6 Å². The standard InChI is InChI=1S/C18H17N3O2/c1-21(2)14-8-5-12(6-9-14)3-4-13-7-10-15-16(11-13)18(23)20-19-17(15)22/h3-11H,1-2H3,(H,19,22)(H,20,23)/b4-3+. The van der Waals surface area contributed by atoms with Gasteiger partial charge in [-0.2, -0.15) is 0 Å². The highest BCUT2D eigenvalue weighted by atomic mass is 16.1. The SMILES string of the molecule is CN(C)c1ccc(/C=C/c2ccc3c(=O)[nH][nH]c(=O)c3c2)cc1. The molecule has 23 heavy (non-hydrogen) atoms. The monoisotopic (exact) mass is 307 g/mol. The summed E-state index contributed by atoms with van der Waals surface area (Å²) in [5.74, 6) is 0. The summed E-state index contributed by atoms with van der Waals surface area (Å²) in [6, 6.07) is 13.4. The van der Waals surface area contributed by atoms with Gasteiger partial charge in [-0.1, -0.05) is 30.4 Å². The predicted octanol–water partition coefficient (Wildman–Crippen LogP) is 2.45. The van der Waals surface area contributed by atoms with E-state index in [1.165, 1.54) is 0 Å². The van der Waals surface area contributed by atoms with Gasteiger partial charge in [0.25, 0.3) is 11.1 Å². The van der Waals surface area contributed by atoms with Crippen molar-refractivity contribution in [3.05, 3.63) is 74.3 Å². The maximum absolute atomic E-state index is 11.8. The van der Waals surface area contributed by atoms with Crippen LogP contribution in [-0.4, -0.2) is 24.3 Å². The fourth-order valence-corrected chi connectivity index (χ4v) is 2.38. The summed E-state index contributed by atoms with van der Waals surface area (Å²) in [6.45, 7) is 0. The maximum atomic E-state index is 11.8. The number of nitrogens with one attached hydrogen (secondary N) is 2. The van der Waals surface area contributed by atoms with E-state index in [1.54, 1.807) is 12.1 Å². The summed E-state index contributed by atoms with van der Waals surface area (Å²) in [5, 5.41) is 5.44. The Bertz CT molecular complexity index is 980. The van der Waals surface area contributed by atoms with Crippen molar-refractivity contribution in [2.75, 3.05) is 19.0 Å². The van der Waals surface area contributed by atoms with E-state index in [1.807, 2.05) is 61.5 Å². The molecule has 2 aromatic carbocycles. The number of anilines is 1. The minimum atomic E-state index is -0.301. The van der Waals surface area contributed by atoms with Gasteiger partial charge in [-0.3, -0.25) is 19.8 Å². The lowest BCUT2D eigenvalue weighted by Gasteiger charge is -2.11. The molecule has 2 N–H and O–H groups in total. The summed E-state index contributed by atoms with van der Waals surface area (Å²) in [6.07, 6.45) is 3.90. The molecular weight excluding hydrogens is 290 g/mol. The smallest absolute Gasteiger partial charge is 0.270 e. The van der Waals surface area contributed by atoms with E-state index in [0.29, 0.717) is 10.8 Å². The molecule has 0 bridgehead atoms. The summed E-state index contributed by atoms with van der Waals surface area (Å²) >= 11 is 0. The zero-order chi connectivity index (χ0) is 16.4. The number of aromatic nitrogens is 2. The fourth-order valence-electron chi connectivity index (χ4n) is 2.38. The van der Waals surface area contributed by atoms with Crippen LogP contribution >= 0.6 is 0 Å². The van der Waals surface area contributed by atoms with E-state index < -0.39 is 0 Å². The van der Waals surface area contributed by atoms with Gasteiger partial charge in [-0.05, 0) is 35.4 Å². The van der Waals surface area contributed by atoms with Gasteiger partial charge < -0.3 is 4.90 Å². The molecule has 1 heterocycles. The lowest BCUT2D eigenvalue weighted by molar-refractivity contribution is 0.976. The molecular formula is C18H17N3O2. The average Bonchev–Trinajstić information content (AvgIpc) is 2.57. The Morgan fingerprint density at radius 1 is 0.783 bits per heavy atom. The molecule has 0 aliphatic heterocycles. The largest absolute Gasteiger partial charge is 0.378 e. The van der Waals surface area contributed by atoms with Crippen molar-refractivity contribution in [3.8, 4) is 0 Å². The highest BCUT2D eigenvalue weighted by Crippen LogP contribution is 2.15. The summed E-state index contributed by atoms with van der Waals surface area (Å²) in [4.78, 5) is 25.5. The van der Waals surface area contributed by atoms with Crippen molar-refractivity contribution in [2.24, 2.45) is 0 Å². The Morgan fingerprint density at radius 2 is 1.35 bits per heavy atom. The number of hydrogen-bond acceptors (Lipinski definition) is 3. The molecule has 0 aliphatic carbocycles. The highest BCUT2D eigenvalue weighted by Gasteiger charge is 2.02. The number of nitrogens with zero attached hydrogens (tertiary/aromatic N) is 1. The zero-order valence-corrected chi connectivity index (χ0v) is 13.0. The van der Waals surface area contributed by atoms with Gasteiger partial charge in [0.2, 0.25) is 0 Å². The second-order valence-corrected chi connectivity index (χ2v) is 5.53. The highest BCUT2D eigenvalue weighted by molar-refractivity contribution is 5.84. The van der Waals surface area contributed by atoms with Crippen molar-refractivity contribution in [3.63, 3.8) is 0 Å². The van der Waals surface area contributed by atoms with Gasteiger partial charge in [0, 0.05) is 19.8 Å². The van der Waals surface area contributed by atoms with Gasteiger partial charge in [0.1, 0.15) is 0 Å². The number of fused-ring (bicyclic) bond motifs is 1. The summed E-state index contributed by atoms with van der Waals surface area (Å²) in [7, 11) is 4.00. The Morgan fingerprint density at radius 3 is 2.00 bits per heavy atom. The van der Waals surface area contributed by atoms with Gasteiger partial charge in [0.05, 0.1) is 10.8 Å². The van der Waals surface area contributed by atoms with Crippen LogP contribution in [0.5, 0.6) is 0 Å². The first-order chi connectivity index (χ1) is 11.0. The van der Waals surface area contributed by atoms with Crippen molar-refractivity contribution < 1.29 is 0 Å². The number of rotatable bonds is 3. The lowest BCUT2D eigenvalue weighted by Crippen LogP contribution is -2.18. The van der Waals surface area contributed by atoms with Crippen molar-refractivity contribution in [1.82, 2.24) is 10.2 Å². The van der Waals surface area contributed by atoms with Gasteiger partial charge in [-0.25, -0.2) is 0 Å². The molecule has 0 fully saturated rings. The van der Waals surface area contributed by atoms with Crippen LogP contribution in [0.25, 0.3) is 22.9 Å². The van der Waals surface area contributed by atoms with Crippen molar-refractivity contribution in [2.45, 2.75) is 0 Å². The molecule has 0 saturated heterocycles. The van der Waals surface area contributed by atoms with Crippen LogP contribution in [-0.2, 0) is 0 Å². The molecule has 0 spiro atoms. The van der Waals surface area contributed by atoms with Crippen molar-refractivity contribution in [1.29, 1.82) is 0 Å². The van der Waals surface area contributed by atoms with Crippen LogP contribution in [0.15, 0.2) is 52.1 Å². The number of aromatic amines is 2. The molecule has 5 nitrogen and oxygen atoms in total. The van der Waals surface area contributed by atoms with E-state index >= 15 is 0 Å². The average molecular weight is 307 g/mol. The first kappa shape index (κ1) is 14.8. The molecule has 1 aromatic heterocycles. The summed E-state index contributed by atoms with van der Waals surface area (Å²) in [5.41, 5.74) is 2.47. The molecule has 5 heteroatoms. The molecule has 0 radical (unpaired) electrons. The molecule has 0 saturated carbocycles. The molecule has 0 amide bonds. The van der Waals surface area contributed by atoms with Crippen LogP contribution in [0.1, 0.15) is 11.1 Å². The Labute approximate surface area is 132 Å². The normalized spacial score (nSPS) is 11.2. The predicted molar refractivity (Wildman–Crippen MR) is 94.9 cm³/mol. The number of benzene rings is 2. The van der Waals surface area contributed by atoms with Crippen LogP contribution in [0.3, 0.4) is 0 Å². The van der Waals surface area contributed by atoms with E-state index in [-0.39, 0.29) is 11.1 Å². The Kier molecular flexibility index (Phi) is 3.85.